The van der Waals surface area contributed by atoms with Crippen LogP contribution in [0, 0.1) is 0 Å². The fourth-order valence-electron chi connectivity index (χ4n) is 2.78. The van der Waals surface area contributed by atoms with Crippen LogP contribution in [0.25, 0.3) is 0 Å². The molecule has 0 atom stereocenters. The largest absolute Gasteiger partial charge is 0.355 e. The number of hydrogen-bond acceptors (Lipinski definition) is 4. The number of rotatable bonds is 9. The van der Waals surface area contributed by atoms with Gasteiger partial charge in [-0.25, -0.2) is 4.79 Å². The zero-order chi connectivity index (χ0) is 17.5. The third kappa shape index (κ3) is 4.67. The minimum Gasteiger partial charge on any atom is -0.355 e. The van der Waals surface area contributed by atoms with E-state index in [0.29, 0.717) is 19.4 Å². The van der Waals surface area contributed by atoms with Gasteiger partial charge >= 0.3 is 6.03 Å². The molecule has 0 spiro atoms. The van der Waals surface area contributed by atoms with Crippen molar-refractivity contribution in [2.45, 2.75) is 52.0 Å². The lowest BCUT2D eigenvalue weighted by Gasteiger charge is -2.25. The molecule has 8 nitrogen and oxygen atoms in total. The first-order valence-electron chi connectivity index (χ1n) is 8.07. The Balaban J connectivity index is 2.66. The Morgan fingerprint density at radius 1 is 1.04 bits per heavy atom. The second-order valence-electron chi connectivity index (χ2n) is 5.63. The SMILES string of the molecule is CCCC1(CCC)NC(=O)N(CC(=O)NCC(=O)NCC)C1=O. The summed E-state index contributed by atoms with van der Waals surface area (Å²) >= 11 is 0. The van der Waals surface area contributed by atoms with Gasteiger partial charge in [0.1, 0.15) is 12.1 Å². The lowest BCUT2D eigenvalue weighted by atomic mass is 9.88. The van der Waals surface area contributed by atoms with Crippen LogP contribution in [-0.2, 0) is 14.4 Å². The van der Waals surface area contributed by atoms with Crippen molar-refractivity contribution >= 4 is 23.8 Å². The molecule has 1 rings (SSSR count). The molecule has 0 bridgehead atoms. The standard InChI is InChI=1S/C15H26N4O4/c1-4-7-15(8-5-2)13(22)19(14(23)18-15)10-12(21)17-9-11(20)16-6-3/h4-10H2,1-3H3,(H,16,20)(H,17,21)(H,18,23). The normalized spacial score (nSPS) is 16.2. The molecule has 0 aliphatic carbocycles. The van der Waals surface area contributed by atoms with Crippen LogP contribution in [0.3, 0.4) is 0 Å². The van der Waals surface area contributed by atoms with Gasteiger partial charge in [-0.05, 0) is 19.8 Å². The average Bonchev–Trinajstić information content (AvgIpc) is 2.71. The van der Waals surface area contributed by atoms with E-state index in [2.05, 4.69) is 16.0 Å². The fourth-order valence-corrected chi connectivity index (χ4v) is 2.78. The molecule has 0 aromatic heterocycles. The van der Waals surface area contributed by atoms with Gasteiger partial charge in [-0.1, -0.05) is 26.7 Å². The molecule has 0 radical (unpaired) electrons. The van der Waals surface area contributed by atoms with E-state index < -0.39 is 17.5 Å². The Labute approximate surface area is 136 Å². The minimum absolute atomic E-state index is 0.175. The topological polar surface area (TPSA) is 108 Å². The van der Waals surface area contributed by atoms with Crippen LogP contribution in [0.15, 0.2) is 0 Å². The highest BCUT2D eigenvalue weighted by Crippen LogP contribution is 2.27. The van der Waals surface area contributed by atoms with Gasteiger partial charge in [0.2, 0.25) is 11.8 Å². The molecule has 3 N–H and O–H groups in total. The molecule has 23 heavy (non-hydrogen) atoms. The summed E-state index contributed by atoms with van der Waals surface area (Å²) in [5.41, 5.74) is -0.902. The number of carbonyl (C=O) groups is 4. The molecule has 1 heterocycles. The maximum absolute atomic E-state index is 12.6. The Morgan fingerprint density at radius 3 is 2.17 bits per heavy atom. The molecule has 1 aliphatic heterocycles. The molecule has 8 heteroatoms. The van der Waals surface area contributed by atoms with Gasteiger partial charge in [0.05, 0.1) is 6.54 Å². The van der Waals surface area contributed by atoms with E-state index in [0.717, 1.165) is 17.7 Å². The molecule has 5 amide bonds. The van der Waals surface area contributed by atoms with Gasteiger partial charge < -0.3 is 16.0 Å². The summed E-state index contributed by atoms with van der Waals surface area (Å²) in [6, 6.07) is -0.551. The number of urea groups is 1. The van der Waals surface area contributed by atoms with Gasteiger partial charge in [-0.3, -0.25) is 19.3 Å². The number of hydrogen-bond donors (Lipinski definition) is 3. The maximum atomic E-state index is 12.6. The molecule has 0 saturated carbocycles. The van der Waals surface area contributed by atoms with Gasteiger partial charge in [0.25, 0.3) is 5.91 Å². The Morgan fingerprint density at radius 2 is 1.65 bits per heavy atom. The van der Waals surface area contributed by atoms with E-state index in [1.165, 1.54) is 0 Å². The molecular weight excluding hydrogens is 300 g/mol. The zero-order valence-corrected chi connectivity index (χ0v) is 14.0. The van der Waals surface area contributed by atoms with Crippen LogP contribution in [-0.4, -0.2) is 53.8 Å². The van der Waals surface area contributed by atoms with Crippen molar-refractivity contribution < 1.29 is 19.2 Å². The summed E-state index contributed by atoms with van der Waals surface area (Å²) < 4.78 is 0. The average molecular weight is 326 g/mol. The van der Waals surface area contributed by atoms with E-state index >= 15 is 0 Å². The summed E-state index contributed by atoms with van der Waals surface area (Å²) in [5.74, 6) is -1.22. The number of nitrogens with zero attached hydrogens (tertiary/aromatic N) is 1. The monoisotopic (exact) mass is 326 g/mol. The van der Waals surface area contributed by atoms with Gasteiger partial charge in [0.15, 0.2) is 0 Å². The first-order chi connectivity index (χ1) is 10.9. The van der Waals surface area contributed by atoms with Crippen LogP contribution in [0.1, 0.15) is 46.5 Å². The van der Waals surface area contributed by atoms with Crippen molar-refractivity contribution in [3.8, 4) is 0 Å². The van der Waals surface area contributed by atoms with Crippen LogP contribution in [0.4, 0.5) is 4.79 Å². The van der Waals surface area contributed by atoms with Gasteiger partial charge in [0, 0.05) is 6.54 Å². The first-order valence-corrected chi connectivity index (χ1v) is 8.07. The number of nitrogens with one attached hydrogen (secondary N) is 3. The highest BCUT2D eigenvalue weighted by atomic mass is 16.2. The van der Waals surface area contributed by atoms with Crippen molar-refractivity contribution in [1.29, 1.82) is 0 Å². The van der Waals surface area contributed by atoms with Gasteiger partial charge in [-0.15, -0.1) is 0 Å². The fraction of sp³-hybridized carbons (Fsp3) is 0.733. The summed E-state index contributed by atoms with van der Waals surface area (Å²) in [4.78, 5) is 48.7. The molecule has 0 aromatic rings. The second-order valence-corrected chi connectivity index (χ2v) is 5.63. The molecule has 130 valence electrons. The van der Waals surface area contributed by atoms with Crippen LogP contribution in [0.5, 0.6) is 0 Å². The lowest BCUT2D eigenvalue weighted by Crippen LogP contribution is -2.48. The maximum Gasteiger partial charge on any atom is 0.325 e. The molecule has 1 fully saturated rings. The van der Waals surface area contributed by atoms with E-state index in [4.69, 9.17) is 0 Å². The molecule has 1 saturated heterocycles. The Bertz CT molecular complexity index is 472. The molecule has 1 aliphatic rings. The van der Waals surface area contributed by atoms with Crippen LogP contribution in [0.2, 0.25) is 0 Å². The molecule has 0 unspecified atom stereocenters. The minimum atomic E-state index is -0.902. The molecule has 0 aromatic carbocycles. The van der Waals surface area contributed by atoms with E-state index in [9.17, 15) is 19.2 Å². The zero-order valence-electron chi connectivity index (χ0n) is 14.0. The van der Waals surface area contributed by atoms with Crippen LogP contribution < -0.4 is 16.0 Å². The summed E-state index contributed by atoms with van der Waals surface area (Å²) in [6.45, 7) is 5.58. The third-order valence-electron chi connectivity index (χ3n) is 3.72. The smallest absolute Gasteiger partial charge is 0.325 e. The van der Waals surface area contributed by atoms with E-state index in [1.54, 1.807) is 6.92 Å². The van der Waals surface area contributed by atoms with Crippen molar-refractivity contribution in [1.82, 2.24) is 20.9 Å². The summed E-state index contributed by atoms with van der Waals surface area (Å²) in [6.07, 6.45) is 2.59. The number of imide groups is 1. The number of likely N-dealkylation sites (N-methyl/N-ethyl adjacent to an activating group) is 1. The summed E-state index contributed by atoms with van der Waals surface area (Å²) in [7, 11) is 0. The van der Waals surface area contributed by atoms with Crippen molar-refractivity contribution in [2.24, 2.45) is 0 Å². The quantitative estimate of drug-likeness (QED) is 0.523. The highest BCUT2D eigenvalue weighted by molar-refractivity contribution is 6.09. The van der Waals surface area contributed by atoms with Crippen LogP contribution >= 0.6 is 0 Å². The van der Waals surface area contributed by atoms with Crippen molar-refractivity contribution in [2.75, 3.05) is 19.6 Å². The first kappa shape index (κ1) is 18.9. The third-order valence-corrected chi connectivity index (χ3v) is 3.72. The summed E-state index contributed by atoms with van der Waals surface area (Å²) in [5, 5.41) is 7.68. The molecular formula is C15H26N4O4. The number of carbonyl (C=O) groups excluding carboxylic acids is 4. The highest BCUT2D eigenvalue weighted by Gasteiger charge is 2.50. The lowest BCUT2D eigenvalue weighted by molar-refractivity contribution is -0.135. The van der Waals surface area contributed by atoms with E-state index in [-0.39, 0.29) is 24.9 Å². The van der Waals surface area contributed by atoms with Gasteiger partial charge in [-0.2, -0.15) is 0 Å². The second kappa shape index (κ2) is 8.50. The Kier molecular flexibility index (Phi) is 6.99. The van der Waals surface area contributed by atoms with Crippen molar-refractivity contribution in [3.05, 3.63) is 0 Å². The predicted molar refractivity (Wildman–Crippen MR) is 84.5 cm³/mol. The van der Waals surface area contributed by atoms with E-state index in [1.807, 2.05) is 13.8 Å². The number of amides is 5. The van der Waals surface area contributed by atoms with Crippen molar-refractivity contribution in [3.63, 3.8) is 0 Å². The Hall–Kier alpha value is -2.12. The predicted octanol–water partition coefficient (Wildman–Crippen LogP) is 0.130.